The zero-order valence-corrected chi connectivity index (χ0v) is 19.0. The predicted octanol–water partition coefficient (Wildman–Crippen LogP) is 5.01. The molecular weight excluding hydrogens is 414 g/mol. The Kier molecular flexibility index (Phi) is 6.52. The highest BCUT2D eigenvalue weighted by Crippen LogP contribution is 2.44. The lowest BCUT2D eigenvalue weighted by molar-refractivity contribution is -0.131. The van der Waals surface area contributed by atoms with Gasteiger partial charge in [-0.3, -0.25) is 0 Å². The molecular formula is C28H29NO4. The topological polar surface area (TPSA) is 70.0 Å². The van der Waals surface area contributed by atoms with Gasteiger partial charge in [0, 0.05) is 25.4 Å². The van der Waals surface area contributed by atoms with Crippen molar-refractivity contribution in [3.05, 3.63) is 101 Å². The number of carboxylic acid groups (broad SMARTS) is 1. The average molecular weight is 444 g/mol. The zero-order chi connectivity index (χ0) is 23.4. The fourth-order valence-electron chi connectivity index (χ4n) is 4.71. The number of ether oxygens (including phenoxy) is 1. The van der Waals surface area contributed by atoms with E-state index in [1.54, 1.807) is 19.3 Å². The number of aromatic hydroxyl groups is 1. The van der Waals surface area contributed by atoms with Gasteiger partial charge in [0.2, 0.25) is 0 Å². The molecule has 33 heavy (non-hydrogen) atoms. The maximum atomic E-state index is 10.9. The molecule has 0 fully saturated rings. The van der Waals surface area contributed by atoms with Crippen molar-refractivity contribution in [2.45, 2.75) is 25.3 Å². The Morgan fingerprint density at radius 1 is 1.09 bits per heavy atom. The van der Waals surface area contributed by atoms with E-state index in [1.165, 1.54) is 5.56 Å². The number of phenolic OH excluding ortho intramolecular Hbond substituents is 1. The third-order valence-corrected chi connectivity index (χ3v) is 6.49. The Balaban J connectivity index is 1.76. The summed E-state index contributed by atoms with van der Waals surface area (Å²) < 4.78 is 5.20. The van der Waals surface area contributed by atoms with Crippen LogP contribution >= 0.6 is 0 Å². The first-order valence-corrected chi connectivity index (χ1v) is 11.1. The third-order valence-electron chi connectivity index (χ3n) is 6.49. The number of carbonyl (C=O) groups is 1. The molecule has 0 aromatic heterocycles. The lowest BCUT2D eigenvalue weighted by Gasteiger charge is -2.48. The number of hydrogen-bond acceptors (Lipinski definition) is 4. The summed E-state index contributed by atoms with van der Waals surface area (Å²) >= 11 is 0. The Morgan fingerprint density at radius 3 is 2.48 bits per heavy atom. The van der Waals surface area contributed by atoms with E-state index in [9.17, 15) is 9.90 Å². The molecule has 0 bridgehead atoms. The average Bonchev–Trinajstić information content (AvgIpc) is 2.82. The van der Waals surface area contributed by atoms with Crippen LogP contribution in [-0.2, 0) is 27.9 Å². The van der Waals surface area contributed by atoms with Gasteiger partial charge in [0.1, 0.15) is 5.75 Å². The normalized spacial score (nSPS) is 17.8. The minimum atomic E-state index is -0.966. The van der Waals surface area contributed by atoms with Gasteiger partial charge in [-0.2, -0.15) is 0 Å². The van der Waals surface area contributed by atoms with Crippen molar-refractivity contribution in [3.8, 4) is 5.75 Å². The number of phenols is 1. The molecule has 5 nitrogen and oxygen atoms in total. The van der Waals surface area contributed by atoms with Gasteiger partial charge in [0.05, 0.1) is 12.1 Å². The molecule has 3 aromatic rings. The van der Waals surface area contributed by atoms with Gasteiger partial charge < -0.3 is 19.8 Å². The van der Waals surface area contributed by atoms with Gasteiger partial charge in [-0.25, -0.2) is 4.79 Å². The van der Waals surface area contributed by atoms with Gasteiger partial charge in [-0.15, -0.1) is 0 Å². The molecule has 0 amide bonds. The van der Waals surface area contributed by atoms with E-state index in [0.29, 0.717) is 6.61 Å². The van der Waals surface area contributed by atoms with Crippen LogP contribution in [0.2, 0.25) is 0 Å². The molecule has 170 valence electrons. The summed E-state index contributed by atoms with van der Waals surface area (Å²) in [6.45, 7) is 3.72. The summed E-state index contributed by atoms with van der Waals surface area (Å²) in [5.41, 5.74) is 6.14. The number of rotatable bonds is 7. The Hall–Kier alpha value is -3.57. The number of hydrogen-bond donors (Lipinski definition) is 2. The third kappa shape index (κ3) is 4.64. The molecule has 1 unspecified atom stereocenters. The van der Waals surface area contributed by atoms with Crippen LogP contribution in [0.25, 0.3) is 6.08 Å². The quantitative estimate of drug-likeness (QED) is 0.503. The number of carboxylic acids is 1. The second kappa shape index (κ2) is 9.51. The first-order valence-electron chi connectivity index (χ1n) is 11.1. The first kappa shape index (κ1) is 22.6. The number of methoxy groups -OCH3 is 1. The van der Waals surface area contributed by atoms with Crippen LogP contribution in [0.1, 0.15) is 34.7 Å². The van der Waals surface area contributed by atoms with Crippen molar-refractivity contribution in [1.29, 1.82) is 0 Å². The van der Waals surface area contributed by atoms with Crippen LogP contribution in [0.5, 0.6) is 5.75 Å². The molecule has 3 aromatic carbocycles. The summed E-state index contributed by atoms with van der Waals surface area (Å²) in [6, 6.07) is 22.3. The molecule has 0 radical (unpaired) electrons. The van der Waals surface area contributed by atoms with Gasteiger partial charge in [0.15, 0.2) is 0 Å². The van der Waals surface area contributed by atoms with Crippen molar-refractivity contribution in [1.82, 2.24) is 0 Å². The van der Waals surface area contributed by atoms with E-state index in [-0.39, 0.29) is 5.75 Å². The fourth-order valence-corrected chi connectivity index (χ4v) is 4.71. The van der Waals surface area contributed by atoms with Crippen molar-refractivity contribution < 1.29 is 19.7 Å². The van der Waals surface area contributed by atoms with Gasteiger partial charge in [-0.1, -0.05) is 42.5 Å². The van der Waals surface area contributed by atoms with E-state index >= 15 is 0 Å². The molecule has 1 aliphatic heterocycles. The molecule has 1 atom stereocenters. The highest BCUT2D eigenvalue weighted by molar-refractivity contribution is 5.85. The van der Waals surface area contributed by atoms with Crippen LogP contribution in [0, 0.1) is 0 Å². The number of fused-ring (bicyclic) bond motifs is 1. The SMILES string of the molecule is COCCc1ccc(N2CCc3cc(O)ccc3C2(C)c2ccc(/C=C/C(=O)O)cc2)cc1. The van der Waals surface area contributed by atoms with E-state index in [2.05, 4.69) is 48.2 Å². The van der Waals surface area contributed by atoms with Crippen molar-refractivity contribution in [2.75, 3.05) is 25.2 Å². The van der Waals surface area contributed by atoms with Gasteiger partial charge in [0.25, 0.3) is 0 Å². The van der Waals surface area contributed by atoms with E-state index in [1.807, 2.05) is 24.3 Å². The van der Waals surface area contributed by atoms with Crippen LogP contribution in [0.15, 0.2) is 72.8 Å². The molecule has 4 rings (SSSR count). The summed E-state index contributed by atoms with van der Waals surface area (Å²) in [4.78, 5) is 13.3. The summed E-state index contributed by atoms with van der Waals surface area (Å²) in [5.74, 6) is -0.687. The minimum Gasteiger partial charge on any atom is -0.508 e. The lowest BCUT2D eigenvalue weighted by atomic mass is 9.76. The van der Waals surface area contributed by atoms with Crippen LogP contribution in [0.3, 0.4) is 0 Å². The van der Waals surface area contributed by atoms with Crippen LogP contribution < -0.4 is 4.90 Å². The van der Waals surface area contributed by atoms with Crippen molar-refractivity contribution in [2.24, 2.45) is 0 Å². The van der Waals surface area contributed by atoms with Crippen molar-refractivity contribution >= 4 is 17.7 Å². The number of nitrogens with zero attached hydrogens (tertiary/aromatic N) is 1. The molecule has 0 saturated carbocycles. The lowest BCUT2D eigenvalue weighted by Crippen LogP contribution is -2.49. The standard InChI is InChI=1S/C28H29NO4/c1-28(23-8-3-20(4-9-23)7-14-27(31)32)26-13-12-25(30)19-22(26)15-17-29(28)24-10-5-21(6-11-24)16-18-33-2/h3-14,19,30H,15-18H2,1-2H3,(H,31,32)/b14-7+. The van der Waals surface area contributed by atoms with Gasteiger partial charge >= 0.3 is 5.97 Å². The highest BCUT2D eigenvalue weighted by Gasteiger charge is 2.40. The van der Waals surface area contributed by atoms with E-state index in [0.717, 1.165) is 53.4 Å². The zero-order valence-electron chi connectivity index (χ0n) is 19.0. The summed E-state index contributed by atoms with van der Waals surface area (Å²) in [7, 11) is 1.71. The van der Waals surface area contributed by atoms with Crippen LogP contribution in [-0.4, -0.2) is 36.4 Å². The Bertz CT molecular complexity index is 1150. The molecule has 0 saturated heterocycles. The maximum Gasteiger partial charge on any atom is 0.328 e. The van der Waals surface area contributed by atoms with Gasteiger partial charge in [-0.05, 0) is 77.9 Å². The first-order chi connectivity index (χ1) is 15.9. The Labute approximate surface area is 194 Å². The maximum absolute atomic E-state index is 10.9. The van der Waals surface area contributed by atoms with E-state index in [4.69, 9.17) is 9.84 Å². The second-order valence-electron chi connectivity index (χ2n) is 8.52. The molecule has 5 heteroatoms. The second-order valence-corrected chi connectivity index (χ2v) is 8.52. The minimum absolute atomic E-state index is 0.279. The predicted molar refractivity (Wildman–Crippen MR) is 131 cm³/mol. The van der Waals surface area contributed by atoms with Crippen molar-refractivity contribution in [3.63, 3.8) is 0 Å². The monoisotopic (exact) mass is 443 g/mol. The number of aliphatic carboxylic acids is 1. The fraction of sp³-hybridized carbons (Fsp3) is 0.250. The largest absolute Gasteiger partial charge is 0.508 e. The highest BCUT2D eigenvalue weighted by atomic mass is 16.5. The molecule has 2 N–H and O–H groups in total. The summed E-state index contributed by atoms with van der Waals surface area (Å²) in [6.07, 6.45) is 4.45. The van der Waals surface area contributed by atoms with E-state index < -0.39 is 11.5 Å². The molecule has 1 aliphatic rings. The molecule has 0 spiro atoms. The number of benzene rings is 3. The molecule has 0 aliphatic carbocycles. The number of anilines is 1. The van der Waals surface area contributed by atoms with Crippen LogP contribution in [0.4, 0.5) is 5.69 Å². The smallest absolute Gasteiger partial charge is 0.328 e. The molecule has 1 heterocycles. The summed E-state index contributed by atoms with van der Waals surface area (Å²) in [5, 5.41) is 19.0. The Morgan fingerprint density at radius 2 is 1.82 bits per heavy atom.